The van der Waals surface area contributed by atoms with Crippen molar-refractivity contribution >= 4 is 11.6 Å². The molecule has 0 amide bonds. The lowest BCUT2D eigenvalue weighted by molar-refractivity contribution is 0.320. The monoisotopic (exact) mass is 240 g/mol. The third-order valence-electron chi connectivity index (χ3n) is 2.41. The third-order valence-corrected chi connectivity index (χ3v) is 2.66. The zero-order chi connectivity index (χ0) is 12.0. The summed E-state index contributed by atoms with van der Waals surface area (Å²) in [5, 5.41) is 4.21. The number of hydrogen-bond acceptors (Lipinski definition) is 2. The first-order chi connectivity index (χ1) is 7.58. The molecule has 1 rings (SSSR count). The number of hydrogen-bond donors (Lipinski definition) is 1. The van der Waals surface area contributed by atoms with Gasteiger partial charge in [0.05, 0.1) is 0 Å². The molecule has 16 heavy (non-hydrogen) atoms. The average Bonchev–Trinajstić information content (AvgIpc) is 2.21. The largest absolute Gasteiger partial charge is 0.313 e. The quantitative estimate of drug-likeness (QED) is 0.823. The molecule has 0 atom stereocenters. The minimum Gasteiger partial charge on any atom is -0.313 e. The predicted molar refractivity (Wildman–Crippen MR) is 70.9 cm³/mol. The maximum Gasteiger partial charge on any atom is 0.0406 e. The molecule has 0 unspecified atom stereocenters. The van der Waals surface area contributed by atoms with Crippen LogP contribution in [0.25, 0.3) is 0 Å². The highest BCUT2D eigenvalue weighted by Crippen LogP contribution is 2.10. The standard InChI is InChI=1S/C13H21ClN2/c1-11(2)15-8-9-16(3)10-12-4-6-13(14)7-5-12/h4-7,11,15H,8-10H2,1-3H3. The topological polar surface area (TPSA) is 15.3 Å². The second-order valence-corrected chi connectivity index (χ2v) is 4.91. The molecule has 1 N–H and O–H groups in total. The van der Waals surface area contributed by atoms with E-state index in [9.17, 15) is 0 Å². The molecule has 0 spiro atoms. The number of likely N-dealkylation sites (N-methyl/N-ethyl adjacent to an activating group) is 1. The van der Waals surface area contributed by atoms with Crippen molar-refractivity contribution in [1.29, 1.82) is 0 Å². The first-order valence-corrected chi connectivity index (χ1v) is 6.12. The minimum atomic E-state index is 0.559. The van der Waals surface area contributed by atoms with Crippen LogP contribution >= 0.6 is 11.6 Å². The van der Waals surface area contributed by atoms with Crippen LogP contribution in [0.4, 0.5) is 0 Å². The van der Waals surface area contributed by atoms with Gasteiger partial charge in [-0.1, -0.05) is 37.6 Å². The Bertz CT molecular complexity index is 295. The molecule has 0 saturated carbocycles. The van der Waals surface area contributed by atoms with Gasteiger partial charge in [-0.3, -0.25) is 0 Å². The van der Waals surface area contributed by atoms with Gasteiger partial charge in [-0.05, 0) is 24.7 Å². The van der Waals surface area contributed by atoms with Gasteiger partial charge in [-0.25, -0.2) is 0 Å². The van der Waals surface area contributed by atoms with Crippen molar-refractivity contribution in [2.24, 2.45) is 0 Å². The minimum absolute atomic E-state index is 0.559. The van der Waals surface area contributed by atoms with Crippen molar-refractivity contribution < 1.29 is 0 Å². The van der Waals surface area contributed by atoms with Crippen LogP contribution in [0.2, 0.25) is 5.02 Å². The summed E-state index contributed by atoms with van der Waals surface area (Å²) in [6.07, 6.45) is 0. The van der Waals surface area contributed by atoms with Gasteiger partial charge in [0.15, 0.2) is 0 Å². The smallest absolute Gasteiger partial charge is 0.0406 e. The van der Waals surface area contributed by atoms with Crippen molar-refractivity contribution in [3.63, 3.8) is 0 Å². The van der Waals surface area contributed by atoms with Crippen LogP contribution in [0.1, 0.15) is 19.4 Å². The lowest BCUT2D eigenvalue weighted by Crippen LogP contribution is -2.32. The number of rotatable bonds is 6. The summed E-state index contributed by atoms with van der Waals surface area (Å²) < 4.78 is 0. The summed E-state index contributed by atoms with van der Waals surface area (Å²) in [5.74, 6) is 0. The van der Waals surface area contributed by atoms with E-state index in [2.05, 4.69) is 43.2 Å². The summed E-state index contributed by atoms with van der Waals surface area (Å²) in [4.78, 5) is 2.30. The van der Waals surface area contributed by atoms with Crippen LogP contribution in [0.15, 0.2) is 24.3 Å². The van der Waals surface area contributed by atoms with E-state index in [1.54, 1.807) is 0 Å². The molecule has 2 nitrogen and oxygen atoms in total. The number of nitrogens with zero attached hydrogens (tertiary/aromatic N) is 1. The van der Waals surface area contributed by atoms with Gasteiger partial charge >= 0.3 is 0 Å². The summed E-state index contributed by atoms with van der Waals surface area (Å²) in [5.41, 5.74) is 1.30. The molecule has 90 valence electrons. The first-order valence-electron chi connectivity index (χ1n) is 5.74. The molecule has 3 heteroatoms. The first kappa shape index (κ1) is 13.5. The molecule has 1 aromatic rings. The Morgan fingerprint density at radius 1 is 1.25 bits per heavy atom. The Balaban J connectivity index is 2.28. The number of halogens is 1. The van der Waals surface area contributed by atoms with Crippen LogP contribution in [-0.2, 0) is 6.54 Å². The van der Waals surface area contributed by atoms with Crippen LogP contribution < -0.4 is 5.32 Å². The van der Waals surface area contributed by atoms with Crippen molar-refractivity contribution in [3.8, 4) is 0 Å². The Morgan fingerprint density at radius 2 is 1.88 bits per heavy atom. The highest BCUT2D eigenvalue weighted by molar-refractivity contribution is 6.30. The molecule has 0 fully saturated rings. The van der Waals surface area contributed by atoms with Crippen LogP contribution in [-0.4, -0.2) is 31.1 Å². The SMILES string of the molecule is CC(C)NCCN(C)Cc1ccc(Cl)cc1. The zero-order valence-corrected chi connectivity index (χ0v) is 11.1. The summed E-state index contributed by atoms with van der Waals surface area (Å²) in [6, 6.07) is 8.60. The summed E-state index contributed by atoms with van der Waals surface area (Å²) in [6.45, 7) is 7.39. The summed E-state index contributed by atoms with van der Waals surface area (Å²) >= 11 is 5.84. The molecule has 0 aliphatic heterocycles. The molecule has 0 radical (unpaired) electrons. The predicted octanol–water partition coefficient (Wildman–Crippen LogP) is 2.77. The molecule has 0 aliphatic carbocycles. The second kappa shape index (κ2) is 6.89. The Morgan fingerprint density at radius 3 is 2.44 bits per heavy atom. The normalized spacial score (nSPS) is 11.4. The van der Waals surface area contributed by atoms with Crippen LogP contribution in [0.5, 0.6) is 0 Å². The lowest BCUT2D eigenvalue weighted by atomic mass is 10.2. The Kier molecular flexibility index (Phi) is 5.81. The number of benzene rings is 1. The fourth-order valence-corrected chi connectivity index (χ4v) is 1.65. The second-order valence-electron chi connectivity index (χ2n) is 4.47. The van der Waals surface area contributed by atoms with Gasteiger partial charge in [-0.2, -0.15) is 0 Å². The highest BCUT2D eigenvalue weighted by Gasteiger charge is 2.00. The van der Waals surface area contributed by atoms with Crippen molar-refractivity contribution in [2.45, 2.75) is 26.4 Å². The van der Waals surface area contributed by atoms with E-state index in [0.29, 0.717) is 6.04 Å². The zero-order valence-electron chi connectivity index (χ0n) is 10.3. The van der Waals surface area contributed by atoms with Gasteiger partial charge in [0.1, 0.15) is 0 Å². The molecule has 1 aromatic carbocycles. The van der Waals surface area contributed by atoms with E-state index in [-0.39, 0.29) is 0 Å². The number of nitrogens with one attached hydrogen (secondary N) is 1. The van der Waals surface area contributed by atoms with Gasteiger partial charge in [0.25, 0.3) is 0 Å². The van der Waals surface area contributed by atoms with Crippen LogP contribution in [0, 0.1) is 0 Å². The van der Waals surface area contributed by atoms with E-state index in [1.807, 2.05) is 12.1 Å². The van der Waals surface area contributed by atoms with E-state index in [0.717, 1.165) is 24.7 Å². The van der Waals surface area contributed by atoms with E-state index >= 15 is 0 Å². The van der Waals surface area contributed by atoms with E-state index < -0.39 is 0 Å². The highest BCUT2D eigenvalue weighted by atomic mass is 35.5. The molecular formula is C13H21ClN2. The molecular weight excluding hydrogens is 220 g/mol. The van der Waals surface area contributed by atoms with E-state index in [1.165, 1.54) is 5.56 Å². The van der Waals surface area contributed by atoms with Gasteiger partial charge in [0, 0.05) is 30.7 Å². The van der Waals surface area contributed by atoms with Gasteiger partial charge in [0.2, 0.25) is 0 Å². The third kappa shape index (κ3) is 5.50. The average molecular weight is 241 g/mol. The maximum absolute atomic E-state index is 5.84. The van der Waals surface area contributed by atoms with Crippen molar-refractivity contribution in [2.75, 3.05) is 20.1 Å². The lowest BCUT2D eigenvalue weighted by Gasteiger charge is -2.18. The molecule has 0 aromatic heterocycles. The summed E-state index contributed by atoms with van der Waals surface area (Å²) in [7, 11) is 2.14. The van der Waals surface area contributed by atoms with Crippen molar-refractivity contribution in [1.82, 2.24) is 10.2 Å². The van der Waals surface area contributed by atoms with E-state index in [4.69, 9.17) is 11.6 Å². The van der Waals surface area contributed by atoms with Gasteiger partial charge in [-0.15, -0.1) is 0 Å². The van der Waals surface area contributed by atoms with Gasteiger partial charge < -0.3 is 10.2 Å². The maximum atomic E-state index is 5.84. The van der Waals surface area contributed by atoms with Crippen molar-refractivity contribution in [3.05, 3.63) is 34.9 Å². The molecule has 0 bridgehead atoms. The van der Waals surface area contributed by atoms with Crippen LogP contribution in [0.3, 0.4) is 0 Å². The molecule has 0 heterocycles. The Labute approximate surface area is 104 Å². The Hall–Kier alpha value is -0.570. The molecule has 0 aliphatic rings. The fourth-order valence-electron chi connectivity index (χ4n) is 1.52. The fraction of sp³-hybridized carbons (Fsp3) is 0.538. The molecule has 0 saturated heterocycles.